The maximum atomic E-state index is 5.88. The zero-order valence-corrected chi connectivity index (χ0v) is 6.31. The number of fused-ring (bicyclic) bond motifs is 1. The molecule has 1 aliphatic carbocycles. The van der Waals surface area contributed by atoms with E-state index in [-0.39, 0.29) is 0 Å². The number of hydrogen-bond donors (Lipinski definition) is 0. The summed E-state index contributed by atoms with van der Waals surface area (Å²) in [5.74, 6) is 0. The number of pyridine rings is 1. The van der Waals surface area contributed by atoms with Gasteiger partial charge < -0.3 is 0 Å². The molecule has 2 heteroatoms. The van der Waals surface area contributed by atoms with E-state index in [1.54, 1.807) is 0 Å². The molecule has 0 bridgehead atoms. The van der Waals surface area contributed by atoms with Crippen LogP contribution in [0.1, 0.15) is 17.0 Å². The number of rotatable bonds is 0. The summed E-state index contributed by atoms with van der Waals surface area (Å²) in [6, 6.07) is 1.88. The summed E-state index contributed by atoms with van der Waals surface area (Å²) in [7, 11) is 0. The van der Waals surface area contributed by atoms with Crippen LogP contribution in [0, 0.1) is 6.92 Å². The number of aromatic nitrogens is 1. The Balaban J connectivity index is 2.68. The van der Waals surface area contributed by atoms with Gasteiger partial charge in [0.2, 0.25) is 0 Å². The molecule has 0 unspecified atom stereocenters. The molecule has 1 nitrogen and oxygen atoms in total. The predicted octanol–water partition coefficient (Wildman–Crippen LogP) is 2.53. The van der Waals surface area contributed by atoms with Gasteiger partial charge in [-0.05, 0) is 25.1 Å². The van der Waals surface area contributed by atoms with Gasteiger partial charge in [0.15, 0.2) is 0 Å². The molecular weight excluding hydrogens is 146 g/mol. The van der Waals surface area contributed by atoms with Crippen molar-refractivity contribution in [2.45, 2.75) is 6.92 Å². The Morgan fingerprint density at radius 3 is 2.70 bits per heavy atom. The third-order valence-electron chi connectivity index (χ3n) is 1.57. The van der Waals surface area contributed by atoms with E-state index in [0.29, 0.717) is 0 Å². The van der Waals surface area contributed by atoms with Crippen LogP contribution in [0.5, 0.6) is 0 Å². The predicted molar refractivity (Wildman–Crippen MR) is 42.9 cm³/mol. The lowest BCUT2D eigenvalue weighted by Crippen LogP contribution is -1.96. The van der Waals surface area contributed by atoms with Crippen molar-refractivity contribution in [2.75, 3.05) is 0 Å². The van der Waals surface area contributed by atoms with Gasteiger partial charge in [-0.15, -0.1) is 0 Å². The summed E-state index contributed by atoms with van der Waals surface area (Å²) < 4.78 is 0. The van der Waals surface area contributed by atoms with Gasteiger partial charge >= 0.3 is 0 Å². The van der Waals surface area contributed by atoms with Crippen molar-refractivity contribution in [3.63, 3.8) is 0 Å². The van der Waals surface area contributed by atoms with Crippen molar-refractivity contribution in [3.8, 4) is 0 Å². The first-order chi connectivity index (χ1) is 4.77. The van der Waals surface area contributed by atoms with Gasteiger partial charge in [-0.3, -0.25) is 4.98 Å². The fourth-order valence-electron chi connectivity index (χ4n) is 1.02. The maximum absolute atomic E-state index is 5.88. The van der Waals surface area contributed by atoms with E-state index >= 15 is 0 Å². The molecule has 0 saturated carbocycles. The fourth-order valence-corrected chi connectivity index (χ4v) is 1.34. The lowest BCUT2D eigenvalue weighted by molar-refractivity contribution is 1.16. The molecular formula is C8H6ClN. The maximum Gasteiger partial charge on any atom is 0.0720 e. The zero-order chi connectivity index (χ0) is 7.14. The first-order valence-electron chi connectivity index (χ1n) is 3.12. The van der Waals surface area contributed by atoms with Crippen LogP contribution in [0.25, 0.3) is 12.2 Å². The van der Waals surface area contributed by atoms with E-state index < -0.39 is 0 Å². The van der Waals surface area contributed by atoms with Crippen molar-refractivity contribution in [1.29, 1.82) is 0 Å². The van der Waals surface area contributed by atoms with Crippen LogP contribution in [0.15, 0.2) is 6.07 Å². The molecule has 0 spiro atoms. The Labute approximate surface area is 64.4 Å². The molecule has 0 saturated heterocycles. The second-order valence-corrected chi connectivity index (χ2v) is 2.78. The Hall–Kier alpha value is -0.820. The van der Waals surface area contributed by atoms with E-state index in [1.165, 1.54) is 0 Å². The van der Waals surface area contributed by atoms with Crippen LogP contribution in [0.3, 0.4) is 0 Å². The molecule has 0 aliphatic heterocycles. The lowest BCUT2D eigenvalue weighted by Gasteiger charge is -2.10. The molecule has 0 amide bonds. The Morgan fingerprint density at radius 1 is 1.40 bits per heavy atom. The standard InChI is InChI=1S/C8H6ClN/c1-5-4-7(9)6-2-3-8(6)10-5/h2-4H,1H3. The van der Waals surface area contributed by atoms with Gasteiger partial charge in [0.25, 0.3) is 0 Å². The van der Waals surface area contributed by atoms with Gasteiger partial charge in [0.05, 0.1) is 10.7 Å². The quantitative estimate of drug-likeness (QED) is 0.564. The molecule has 1 aromatic heterocycles. The van der Waals surface area contributed by atoms with Gasteiger partial charge in [0.1, 0.15) is 0 Å². The summed E-state index contributed by atoms with van der Waals surface area (Å²) in [5.41, 5.74) is 3.07. The smallest absolute Gasteiger partial charge is 0.0720 e. The fraction of sp³-hybridized carbons (Fsp3) is 0.125. The lowest BCUT2D eigenvalue weighted by atomic mass is 10.0. The number of halogens is 1. The minimum absolute atomic E-state index is 0.810. The second-order valence-electron chi connectivity index (χ2n) is 2.38. The first-order valence-corrected chi connectivity index (χ1v) is 3.50. The van der Waals surface area contributed by atoms with Gasteiger partial charge in [-0.2, -0.15) is 0 Å². The molecule has 0 radical (unpaired) electrons. The monoisotopic (exact) mass is 151 g/mol. The van der Waals surface area contributed by atoms with Crippen LogP contribution in [-0.2, 0) is 0 Å². The normalized spacial score (nSPS) is 12.6. The highest BCUT2D eigenvalue weighted by molar-refractivity contribution is 6.33. The number of nitrogens with zero attached hydrogens (tertiary/aromatic N) is 1. The van der Waals surface area contributed by atoms with E-state index in [0.717, 1.165) is 22.0 Å². The summed E-state index contributed by atoms with van der Waals surface area (Å²) >= 11 is 5.88. The van der Waals surface area contributed by atoms with Crippen molar-refractivity contribution in [3.05, 3.63) is 28.0 Å². The molecule has 1 aromatic rings. The number of hydrogen-bond acceptors (Lipinski definition) is 1. The average Bonchev–Trinajstić information content (AvgIpc) is 1.77. The second kappa shape index (κ2) is 1.83. The molecule has 1 heterocycles. The average molecular weight is 152 g/mol. The number of aryl methyl sites for hydroxylation is 1. The summed E-state index contributed by atoms with van der Waals surface area (Å²) in [6.07, 6.45) is 3.94. The van der Waals surface area contributed by atoms with Gasteiger partial charge in [-0.1, -0.05) is 11.6 Å². The Bertz CT molecular complexity index is 315. The van der Waals surface area contributed by atoms with Gasteiger partial charge in [-0.25, -0.2) is 0 Å². The van der Waals surface area contributed by atoms with E-state index in [4.69, 9.17) is 11.6 Å². The molecule has 0 fully saturated rings. The van der Waals surface area contributed by atoms with Crippen LogP contribution in [0.2, 0.25) is 5.02 Å². The van der Waals surface area contributed by atoms with Crippen LogP contribution in [-0.4, -0.2) is 4.98 Å². The largest absolute Gasteiger partial charge is 0.253 e. The minimum atomic E-state index is 0.810. The SMILES string of the molecule is Cc1cc(Cl)c2c(n1)C=C2. The minimum Gasteiger partial charge on any atom is -0.253 e. The molecule has 1 aliphatic rings. The molecule has 50 valence electrons. The molecule has 10 heavy (non-hydrogen) atoms. The Kier molecular flexibility index (Phi) is 1.08. The molecule has 0 aromatic carbocycles. The molecule has 0 atom stereocenters. The van der Waals surface area contributed by atoms with Crippen molar-refractivity contribution >= 4 is 23.8 Å². The van der Waals surface area contributed by atoms with Crippen molar-refractivity contribution in [2.24, 2.45) is 0 Å². The zero-order valence-electron chi connectivity index (χ0n) is 5.56. The molecule has 2 rings (SSSR count). The van der Waals surface area contributed by atoms with Crippen molar-refractivity contribution in [1.82, 2.24) is 4.98 Å². The third kappa shape index (κ3) is 0.673. The van der Waals surface area contributed by atoms with Crippen molar-refractivity contribution < 1.29 is 0 Å². The van der Waals surface area contributed by atoms with Crippen LogP contribution < -0.4 is 0 Å². The Morgan fingerprint density at radius 2 is 2.20 bits per heavy atom. The van der Waals surface area contributed by atoms with E-state index in [9.17, 15) is 0 Å². The third-order valence-corrected chi connectivity index (χ3v) is 1.89. The topological polar surface area (TPSA) is 12.9 Å². The first kappa shape index (κ1) is 5.93. The van der Waals surface area contributed by atoms with E-state index in [1.807, 2.05) is 25.1 Å². The summed E-state index contributed by atoms with van der Waals surface area (Å²) in [5, 5.41) is 0.810. The highest BCUT2D eigenvalue weighted by Crippen LogP contribution is 2.29. The highest BCUT2D eigenvalue weighted by Gasteiger charge is 2.10. The summed E-state index contributed by atoms with van der Waals surface area (Å²) in [6.45, 7) is 1.94. The van der Waals surface area contributed by atoms with Gasteiger partial charge in [0, 0.05) is 11.3 Å². The highest BCUT2D eigenvalue weighted by atomic mass is 35.5. The van der Waals surface area contributed by atoms with Crippen LogP contribution in [0.4, 0.5) is 0 Å². The van der Waals surface area contributed by atoms with Crippen LogP contribution >= 0.6 is 11.6 Å². The summed E-state index contributed by atoms with van der Waals surface area (Å²) in [4.78, 5) is 4.25. The van der Waals surface area contributed by atoms with E-state index in [2.05, 4.69) is 4.98 Å². The molecule has 0 N–H and O–H groups in total.